The second-order valence-electron chi connectivity index (χ2n) is 6.32. The first-order valence-corrected chi connectivity index (χ1v) is 8.20. The van der Waals surface area contributed by atoms with Gasteiger partial charge in [-0.25, -0.2) is 0 Å². The summed E-state index contributed by atoms with van der Waals surface area (Å²) < 4.78 is 5.65. The topological polar surface area (TPSA) is 38.3 Å². The van der Waals surface area contributed by atoms with E-state index in [1.165, 1.54) is 11.1 Å². The molecule has 0 heterocycles. The highest BCUT2D eigenvalue weighted by atomic mass is 16.5. The van der Waals surface area contributed by atoms with Crippen LogP contribution in [0, 0.1) is 13.8 Å². The lowest BCUT2D eigenvalue weighted by molar-refractivity contribution is -0.123. The van der Waals surface area contributed by atoms with E-state index in [2.05, 4.69) is 29.6 Å². The molecule has 0 bridgehead atoms. The van der Waals surface area contributed by atoms with Gasteiger partial charge in [0.2, 0.25) is 0 Å². The normalized spacial score (nSPS) is 16.5. The molecule has 0 unspecified atom stereocenters. The van der Waals surface area contributed by atoms with Gasteiger partial charge in [-0.05, 0) is 67.5 Å². The minimum absolute atomic E-state index is 0.0571. The lowest BCUT2D eigenvalue weighted by atomic mass is 9.88. The Labute approximate surface area is 137 Å². The van der Waals surface area contributed by atoms with Crippen LogP contribution in [0.1, 0.15) is 41.1 Å². The van der Waals surface area contributed by atoms with Crippen molar-refractivity contribution in [3.05, 3.63) is 64.7 Å². The second kappa shape index (κ2) is 6.86. The van der Waals surface area contributed by atoms with Crippen molar-refractivity contribution in [3.63, 3.8) is 0 Å². The number of rotatable bonds is 4. The number of amides is 1. The van der Waals surface area contributed by atoms with Gasteiger partial charge in [-0.15, -0.1) is 0 Å². The molecule has 0 saturated heterocycles. The summed E-state index contributed by atoms with van der Waals surface area (Å²) >= 11 is 0. The fraction of sp³-hybridized carbons (Fsp3) is 0.350. The maximum Gasteiger partial charge on any atom is 0.258 e. The van der Waals surface area contributed by atoms with E-state index in [-0.39, 0.29) is 18.6 Å². The molecule has 0 radical (unpaired) electrons. The first-order chi connectivity index (χ1) is 11.1. The van der Waals surface area contributed by atoms with E-state index in [1.54, 1.807) is 0 Å². The maximum atomic E-state index is 12.2. The van der Waals surface area contributed by atoms with E-state index in [0.717, 1.165) is 36.1 Å². The molecule has 0 spiro atoms. The molecule has 2 aromatic rings. The van der Waals surface area contributed by atoms with Crippen molar-refractivity contribution < 1.29 is 9.53 Å². The highest BCUT2D eigenvalue weighted by molar-refractivity contribution is 5.78. The Kier molecular flexibility index (Phi) is 4.65. The Hall–Kier alpha value is -2.29. The molecule has 1 amide bonds. The van der Waals surface area contributed by atoms with Gasteiger partial charge in [-0.2, -0.15) is 0 Å². The smallest absolute Gasteiger partial charge is 0.258 e. The van der Waals surface area contributed by atoms with Crippen LogP contribution in [-0.4, -0.2) is 12.5 Å². The van der Waals surface area contributed by atoms with Crippen molar-refractivity contribution in [2.45, 2.75) is 39.2 Å². The first-order valence-electron chi connectivity index (χ1n) is 8.20. The minimum atomic E-state index is -0.0640. The van der Waals surface area contributed by atoms with Gasteiger partial charge in [0, 0.05) is 0 Å². The highest BCUT2D eigenvalue weighted by Gasteiger charge is 2.21. The van der Waals surface area contributed by atoms with E-state index in [9.17, 15) is 4.79 Å². The summed E-state index contributed by atoms with van der Waals surface area (Å²) in [6, 6.07) is 14.5. The molecule has 3 heteroatoms. The van der Waals surface area contributed by atoms with Crippen LogP contribution in [0.2, 0.25) is 0 Å². The van der Waals surface area contributed by atoms with E-state index in [0.29, 0.717) is 0 Å². The Balaban J connectivity index is 1.60. The van der Waals surface area contributed by atoms with Crippen molar-refractivity contribution >= 4 is 5.91 Å². The SMILES string of the molecule is Cc1cc(C)cc(OCC(=O)N[C@H]2CCCc3ccccc32)c1. The van der Waals surface area contributed by atoms with Crippen molar-refractivity contribution in [1.29, 1.82) is 0 Å². The van der Waals surface area contributed by atoms with Gasteiger partial charge < -0.3 is 10.1 Å². The molecule has 3 rings (SSSR count). The number of hydrogen-bond acceptors (Lipinski definition) is 2. The number of carbonyl (C=O) groups is 1. The van der Waals surface area contributed by atoms with Crippen LogP contribution in [0.3, 0.4) is 0 Å². The summed E-state index contributed by atoms with van der Waals surface area (Å²) in [4.78, 5) is 12.2. The van der Waals surface area contributed by atoms with Gasteiger partial charge in [0.25, 0.3) is 5.91 Å². The molecule has 0 aromatic heterocycles. The zero-order chi connectivity index (χ0) is 16.2. The number of ether oxygens (including phenoxy) is 1. The van der Waals surface area contributed by atoms with Gasteiger partial charge >= 0.3 is 0 Å². The third-order valence-electron chi connectivity index (χ3n) is 4.27. The van der Waals surface area contributed by atoms with E-state index in [4.69, 9.17) is 4.74 Å². The van der Waals surface area contributed by atoms with Gasteiger partial charge in [-0.1, -0.05) is 30.3 Å². The van der Waals surface area contributed by atoms with Crippen LogP contribution in [0.15, 0.2) is 42.5 Å². The lowest BCUT2D eigenvalue weighted by Crippen LogP contribution is -2.34. The van der Waals surface area contributed by atoms with Crippen LogP contribution >= 0.6 is 0 Å². The first kappa shape index (κ1) is 15.6. The summed E-state index contributed by atoms with van der Waals surface area (Å²) in [7, 11) is 0. The molecule has 0 saturated carbocycles. The fourth-order valence-corrected chi connectivity index (χ4v) is 3.30. The maximum absolute atomic E-state index is 12.2. The van der Waals surface area contributed by atoms with Crippen molar-refractivity contribution in [1.82, 2.24) is 5.32 Å². The van der Waals surface area contributed by atoms with Gasteiger partial charge in [0.1, 0.15) is 5.75 Å². The van der Waals surface area contributed by atoms with E-state index in [1.807, 2.05) is 32.0 Å². The van der Waals surface area contributed by atoms with Crippen molar-refractivity contribution in [3.8, 4) is 5.75 Å². The molecule has 1 aliphatic carbocycles. The molecule has 1 N–H and O–H groups in total. The third-order valence-corrected chi connectivity index (χ3v) is 4.27. The lowest BCUT2D eigenvalue weighted by Gasteiger charge is -2.26. The largest absolute Gasteiger partial charge is 0.484 e. The number of hydrogen-bond donors (Lipinski definition) is 1. The summed E-state index contributed by atoms with van der Waals surface area (Å²) in [5.41, 5.74) is 4.88. The summed E-state index contributed by atoms with van der Waals surface area (Å²) in [6.45, 7) is 4.11. The van der Waals surface area contributed by atoms with Crippen LogP contribution in [0.25, 0.3) is 0 Å². The van der Waals surface area contributed by atoms with Gasteiger partial charge in [-0.3, -0.25) is 4.79 Å². The standard InChI is InChI=1S/C20H23NO2/c1-14-10-15(2)12-17(11-14)23-13-20(22)21-19-9-5-7-16-6-3-4-8-18(16)19/h3-4,6,8,10-12,19H,5,7,9,13H2,1-2H3,(H,21,22)/t19-/m0/s1. The molecule has 1 atom stereocenters. The fourth-order valence-electron chi connectivity index (χ4n) is 3.30. The number of benzene rings is 2. The van der Waals surface area contributed by atoms with Gasteiger partial charge in [0.05, 0.1) is 6.04 Å². The summed E-state index contributed by atoms with van der Waals surface area (Å²) in [5.74, 6) is 0.688. The molecular weight excluding hydrogens is 286 g/mol. The zero-order valence-electron chi connectivity index (χ0n) is 13.8. The van der Waals surface area contributed by atoms with Crippen LogP contribution in [-0.2, 0) is 11.2 Å². The van der Waals surface area contributed by atoms with Crippen molar-refractivity contribution in [2.75, 3.05) is 6.61 Å². The Morgan fingerprint density at radius 1 is 1.17 bits per heavy atom. The number of fused-ring (bicyclic) bond motifs is 1. The molecule has 0 aliphatic heterocycles. The van der Waals surface area contributed by atoms with Crippen LogP contribution in [0.5, 0.6) is 5.75 Å². The third kappa shape index (κ3) is 3.92. The summed E-state index contributed by atoms with van der Waals surface area (Å²) in [6.07, 6.45) is 3.20. The number of aryl methyl sites for hydroxylation is 3. The monoisotopic (exact) mass is 309 g/mol. The Morgan fingerprint density at radius 3 is 2.70 bits per heavy atom. The summed E-state index contributed by atoms with van der Waals surface area (Å²) in [5, 5.41) is 3.11. The Morgan fingerprint density at radius 2 is 1.91 bits per heavy atom. The minimum Gasteiger partial charge on any atom is -0.484 e. The van der Waals surface area contributed by atoms with Crippen LogP contribution in [0.4, 0.5) is 0 Å². The van der Waals surface area contributed by atoms with E-state index < -0.39 is 0 Å². The molecule has 1 aliphatic rings. The van der Waals surface area contributed by atoms with Gasteiger partial charge in [0.15, 0.2) is 6.61 Å². The number of carbonyl (C=O) groups excluding carboxylic acids is 1. The predicted octanol–water partition coefficient (Wildman–Crippen LogP) is 3.88. The molecule has 2 aromatic carbocycles. The van der Waals surface area contributed by atoms with Crippen molar-refractivity contribution in [2.24, 2.45) is 0 Å². The molecule has 3 nitrogen and oxygen atoms in total. The predicted molar refractivity (Wildman–Crippen MR) is 91.7 cm³/mol. The second-order valence-corrected chi connectivity index (χ2v) is 6.32. The van der Waals surface area contributed by atoms with E-state index >= 15 is 0 Å². The molecule has 23 heavy (non-hydrogen) atoms. The number of nitrogens with one attached hydrogen (secondary N) is 1. The van der Waals surface area contributed by atoms with Crippen LogP contribution < -0.4 is 10.1 Å². The quantitative estimate of drug-likeness (QED) is 0.931. The Bertz CT molecular complexity index is 688. The molecule has 0 fully saturated rings. The average molecular weight is 309 g/mol. The zero-order valence-corrected chi connectivity index (χ0v) is 13.8. The average Bonchev–Trinajstić information content (AvgIpc) is 2.52. The molecule has 120 valence electrons. The highest BCUT2D eigenvalue weighted by Crippen LogP contribution is 2.29. The molecular formula is C20H23NO2.